The van der Waals surface area contributed by atoms with Crippen LogP contribution in [0.4, 0.5) is 10.1 Å². The first-order chi connectivity index (χ1) is 9.03. The van der Waals surface area contributed by atoms with Crippen LogP contribution < -0.4 is 4.72 Å². The van der Waals surface area contributed by atoms with Crippen LogP contribution in [0.2, 0.25) is 0 Å². The molecule has 1 N–H and O–H groups in total. The maximum Gasteiger partial charge on any atom is 0.263 e. The Kier molecular flexibility index (Phi) is 3.44. The van der Waals surface area contributed by atoms with Gasteiger partial charge in [0.25, 0.3) is 10.0 Å². The van der Waals surface area contributed by atoms with E-state index in [2.05, 4.69) is 9.71 Å². The molecule has 5 nitrogen and oxygen atoms in total. The lowest BCUT2D eigenvalue weighted by atomic mass is 10.2. The van der Waals surface area contributed by atoms with Crippen molar-refractivity contribution < 1.29 is 12.8 Å². The van der Waals surface area contributed by atoms with Gasteiger partial charge >= 0.3 is 0 Å². The van der Waals surface area contributed by atoms with Crippen LogP contribution in [0, 0.1) is 17.1 Å². The fourth-order valence-corrected chi connectivity index (χ4v) is 2.41. The van der Waals surface area contributed by atoms with Gasteiger partial charge in [0.2, 0.25) is 0 Å². The van der Waals surface area contributed by atoms with E-state index in [9.17, 15) is 12.8 Å². The molecule has 96 valence electrons. The van der Waals surface area contributed by atoms with E-state index in [1.807, 2.05) is 0 Å². The molecule has 0 spiro atoms. The lowest BCUT2D eigenvalue weighted by Crippen LogP contribution is -2.14. The average Bonchev–Trinajstić information content (AvgIpc) is 2.42. The van der Waals surface area contributed by atoms with Crippen LogP contribution in [-0.4, -0.2) is 13.4 Å². The molecule has 7 heteroatoms. The zero-order chi connectivity index (χ0) is 13.9. The Bertz CT molecular complexity index is 739. The Morgan fingerprint density at radius 1 is 1.32 bits per heavy atom. The van der Waals surface area contributed by atoms with Crippen molar-refractivity contribution in [1.82, 2.24) is 4.98 Å². The minimum Gasteiger partial charge on any atom is -0.277 e. The highest BCUT2D eigenvalue weighted by atomic mass is 32.2. The monoisotopic (exact) mass is 277 g/mol. The van der Waals surface area contributed by atoms with Crippen molar-refractivity contribution in [3.63, 3.8) is 0 Å². The molecule has 0 aliphatic heterocycles. The molecule has 0 bridgehead atoms. The quantitative estimate of drug-likeness (QED) is 0.928. The van der Waals surface area contributed by atoms with Gasteiger partial charge in [-0.05, 0) is 30.3 Å². The third kappa shape index (κ3) is 2.86. The summed E-state index contributed by atoms with van der Waals surface area (Å²) in [5.74, 6) is -0.813. The number of rotatable bonds is 3. The van der Waals surface area contributed by atoms with Gasteiger partial charge in [0.05, 0.1) is 17.3 Å². The fraction of sp³-hybridized carbons (Fsp3) is 0. The molecule has 0 amide bonds. The fourth-order valence-electron chi connectivity index (χ4n) is 1.38. The Morgan fingerprint density at radius 2 is 2.11 bits per heavy atom. The summed E-state index contributed by atoms with van der Waals surface area (Å²) in [6, 6.07) is 8.05. The molecule has 0 saturated carbocycles. The Labute approximate surface area is 109 Å². The Balaban J connectivity index is 2.34. The third-order valence-electron chi connectivity index (χ3n) is 2.29. The number of nitrogens with one attached hydrogen (secondary N) is 1. The van der Waals surface area contributed by atoms with E-state index in [4.69, 9.17) is 5.26 Å². The lowest BCUT2D eigenvalue weighted by molar-refractivity contribution is 0.598. The molecule has 1 heterocycles. The molecule has 19 heavy (non-hydrogen) atoms. The van der Waals surface area contributed by atoms with E-state index in [1.54, 1.807) is 6.07 Å². The van der Waals surface area contributed by atoms with Crippen molar-refractivity contribution in [2.45, 2.75) is 4.90 Å². The molecule has 1 aromatic carbocycles. The van der Waals surface area contributed by atoms with Gasteiger partial charge in [-0.1, -0.05) is 0 Å². The first kappa shape index (κ1) is 13.0. The molecule has 0 atom stereocenters. The van der Waals surface area contributed by atoms with E-state index >= 15 is 0 Å². The largest absolute Gasteiger partial charge is 0.277 e. The number of anilines is 1. The van der Waals surface area contributed by atoms with Gasteiger partial charge < -0.3 is 0 Å². The molecule has 2 rings (SSSR count). The van der Waals surface area contributed by atoms with Crippen LogP contribution in [0.25, 0.3) is 0 Å². The average molecular weight is 277 g/mol. The molecular weight excluding hydrogens is 269 g/mol. The molecule has 1 aromatic heterocycles. The molecule has 0 radical (unpaired) electrons. The summed E-state index contributed by atoms with van der Waals surface area (Å²) in [4.78, 5) is 3.62. The number of hydrogen-bond donors (Lipinski definition) is 1. The van der Waals surface area contributed by atoms with Gasteiger partial charge in [0.15, 0.2) is 0 Å². The third-order valence-corrected chi connectivity index (χ3v) is 3.64. The molecular formula is C12H8FN3O2S. The summed E-state index contributed by atoms with van der Waals surface area (Å²) in [7, 11) is -3.89. The number of halogens is 1. The SMILES string of the molecule is N#Cc1ccc(NS(=O)(=O)c2cccnc2)c(F)c1. The van der Waals surface area contributed by atoms with Crippen molar-refractivity contribution in [2.24, 2.45) is 0 Å². The topological polar surface area (TPSA) is 82.9 Å². The minimum absolute atomic E-state index is 0.0706. The van der Waals surface area contributed by atoms with Crippen molar-refractivity contribution in [1.29, 1.82) is 5.26 Å². The molecule has 0 aliphatic rings. The Morgan fingerprint density at radius 3 is 2.68 bits per heavy atom. The van der Waals surface area contributed by atoms with E-state index in [-0.39, 0.29) is 16.1 Å². The summed E-state index contributed by atoms with van der Waals surface area (Å²) in [5, 5.41) is 8.60. The molecule has 0 saturated heterocycles. The summed E-state index contributed by atoms with van der Waals surface area (Å²) < 4.78 is 39.5. The van der Waals surface area contributed by atoms with Crippen LogP contribution in [0.3, 0.4) is 0 Å². The lowest BCUT2D eigenvalue weighted by Gasteiger charge is -2.08. The number of nitriles is 1. The van der Waals surface area contributed by atoms with Crippen LogP contribution in [0.15, 0.2) is 47.6 Å². The summed E-state index contributed by atoms with van der Waals surface area (Å²) >= 11 is 0. The van der Waals surface area contributed by atoms with Crippen molar-refractivity contribution in [3.05, 3.63) is 54.1 Å². The summed E-state index contributed by atoms with van der Waals surface area (Å²) in [6.45, 7) is 0. The van der Waals surface area contributed by atoms with Crippen molar-refractivity contribution >= 4 is 15.7 Å². The van der Waals surface area contributed by atoms with E-state index in [1.165, 1.54) is 30.5 Å². The van der Waals surface area contributed by atoms with Crippen LogP contribution in [-0.2, 0) is 10.0 Å². The van der Waals surface area contributed by atoms with Gasteiger partial charge in [-0.25, -0.2) is 12.8 Å². The highest BCUT2D eigenvalue weighted by Gasteiger charge is 2.16. The van der Waals surface area contributed by atoms with Crippen molar-refractivity contribution in [2.75, 3.05) is 4.72 Å². The predicted octanol–water partition coefficient (Wildman–Crippen LogP) is 1.89. The molecule has 0 aliphatic carbocycles. The molecule has 0 fully saturated rings. The highest BCUT2D eigenvalue weighted by Crippen LogP contribution is 2.19. The van der Waals surface area contributed by atoms with E-state index in [0.29, 0.717) is 0 Å². The smallest absolute Gasteiger partial charge is 0.263 e. The number of benzene rings is 1. The zero-order valence-corrected chi connectivity index (χ0v) is 10.4. The van der Waals surface area contributed by atoms with E-state index in [0.717, 1.165) is 12.3 Å². The standard InChI is InChI=1S/C12H8FN3O2S/c13-11-6-9(7-14)3-4-12(11)16-19(17,18)10-2-1-5-15-8-10/h1-6,8,16H. The summed E-state index contributed by atoms with van der Waals surface area (Å²) in [6.07, 6.45) is 2.59. The maximum atomic E-state index is 13.6. The second-order valence-corrected chi connectivity index (χ2v) is 5.28. The van der Waals surface area contributed by atoms with Crippen molar-refractivity contribution in [3.8, 4) is 6.07 Å². The number of sulfonamides is 1. The number of hydrogen-bond acceptors (Lipinski definition) is 4. The van der Waals surface area contributed by atoms with Crippen LogP contribution >= 0.6 is 0 Å². The Hall–Kier alpha value is -2.46. The first-order valence-electron chi connectivity index (χ1n) is 5.15. The molecule has 2 aromatic rings. The van der Waals surface area contributed by atoms with Gasteiger partial charge in [0.1, 0.15) is 10.7 Å². The normalized spacial score (nSPS) is 10.7. The first-order valence-corrected chi connectivity index (χ1v) is 6.64. The van der Waals surface area contributed by atoms with Gasteiger partial charge in [-0.3, -0.25) is 9.71 Å². The van der Waals surface area contributed by atoms with Crippen LogP contribution in [0.1, 0.15) is 5.56 Å². The maximum absolute atomic E-state index is 13.6. The second kappa shape index (κ2) is 5.04. The number of pyridine rings is 1. The molecule has 0 unspecified atom stereocenters. The predicted molar refractivity (Wildman–Crippen MR) is 66.2 cm³/mol. The van der Waals surface area contributed by atoms with E-state index < -0.39 is 15.8 Å². The van der Waals surface area contributed by atoms with Gasteiger partial charge in [0, 0.05) is 12.4 Å². The number of aromatic nitrogens is 1. The number of nitrogens with zero attached hydrogens (tertiary/aromatic N) is 2. The minimum atomic E-state index is -3.89. The summed E-state index contributed by atoms with van der Waals surface area (Å²) in [5.41, 5.74) is -0.107. The highest BCUT2D eigenvalue weighted by molar-refractivity contribution is 7.92. The van der Waals surface area contributed by atoms with Gasteiger partial charge in [-0.15, -0.1) is 0 Å². The second-order valence-electron chi connectivity index (χ2n) is 3.60. The van der Waals surface area contributed by atoms with Crippen LogP contribution in [0.5, 0.6) is 0 Å². The zero-order valence-electron chi connectivity index (χ0n) is 9.54. The van der Waals surface area contributed by atoms with Gasteiger partial charge in [-0.2, -0.15) is 5.26 Å².